The van der Waals surface area contributed by atoms with E-state index in [1.54, 1.807) is 33.8 Å². The van der Waals surface area contributed by atoms with Gasteiger partial charge in [0.2, 0.25) is 0 Å². The first kappa shape index (κ1) is 40.2. The monoisotopic (exact) mass is 746 g/mol. The topological polar surface area (TPSA) is 163 Å². The fourth-order valence-electron chi connectivity index (χ4n) is 6.52. The van der Waals surface area contributed by atoms with Gasteiger partial charge in [0, 0.05) is 11.1 Å². The number of carbonyl (C=O) groups is 5. The molecule has 0 bridgehead atoms. The number of nitrogens with zero attached hydrogens (tertiary/aromatic N) is 2. The number of hydrazine groups is 2. The molecule has 12 heteroatoms. The molecule has 12 nitrogen and oxygen atoms in total. The molecular weight excluding hydrogens is 697 g/mol. The van der Waals surface area contributed by atoms with Crippen LogP contribution in [0, 0.1) is 5.92 Å². The number of anilines is 2. The third kappa shape index (κ3) is 8.87. The molecule has 288 valence electrons. The van der Waals surface area contributed by atoms with Gasteiger partial charge in [-0.15, -0.1) is 0 Å². The zero-order valence-electron chi connectivity index (χ0n) is 32.5. The Bertz CT molecular complexity index is 2090. The summed E-state index contributed by atoms with van der Waals surface area (Å²) in [4.78, 5) is 63.9. The number of nitrogens with one attached hydrogen (secondary N) is 3. The van der Waals surface area contributed by atoms with Crippen molar-refractivity contribution in [3.05, 3.63) is 108 Å². The standard InChI is InChI=1S/C25H31N3O4.C18H19N3O2/c1-15(2)21(26-24(31)32-25(4,5)6)22(29)27-28-20-14-10-9-13-19(20)18-12-8-7-11-17(18)16(3)23(28)30;1-11-13-7-3-4-8-14(13)15-9-5-6-10-16(15)21(18(11)23)20-17(22)12(2)19/h7-16,21H,1-6H3,(H,26,31)(H,27,29);3-12H,19H2,1-2H3,(H,20,22)/t16?,21-;11?,12-/m00/s1. The number of hydrogen-bond donors (Lipinski definition) is 4. The Morgan fingerprint density at radius 2 is 1.02 bits per heavy atom. The lowest BCUT2D eigenvalue weighted by molar-refractivity contribution is -0.128. The van der Waals surface area contributed by atoms with Gasteiger partial charge in [-0.25, -0.2) is 14.8 Å². The van der Waals surface area contributed by atoms with Gasteiger partial charge in [0.1, 0.15) is 11.6 Å². The zero-order valence-corrected chi connectivity index (χ0v) is 32.5. The number of nitrogens with two attached hydrogens (primary N) is 1. The van der Waals surface area contributed by atoms with Gasteiger partial charge in [0.05, 0.1) is 29.3 Å². The first-order valence-corrected chi connectivity index (χ1v) is 18.4. The highest BCUT2D eigenvalue weighted by Gasteiger charge is 2.36. The predicted octanol–water partition coefficient (Wildman–Crippen LogP) is 6.57. The van der Waals surface area contributed by atoms with Crippen LogP contribution in [-0.2, 0) is 23.9 Å². The summed E-state index contributed by atoms with van der Waals surface area (Å²) in [5, 5.41) is 5.26. The first-order valence-electron chi connectivity index (χ1n) is 18.4. The molecule has 4 aromatic rings. The number of amides is 5. The molecular formula is C43H50N6O6. The molecule has 0 radical (unpaired) electrons. The van der Waals surface area contributed by atoms with Crippen LogP contribution < -0.4 is 31.9 Å². The minimum absolute atomic E-state index is 0.184. The SMILES string of the molecule is CC1C(=O)N(NC(=O)[C@@H](NC(=O)OC(C)(C)C)C(C)C)c2ccccc2-c2ccccc21.CC1C(=O)N(NC(=O)[C@H](C)N)c2ccccc2-c2ccccc21. The van der Waals surface area contributed by atoms with Crippen molar-refractivity contribution in [3.63, 3.8) is 0 Å². The van der Waals surface area contributed by atoms with Crippen LogP contribution in [0.15, 0.2) is 97.1 Å². The third-order valence-electron chi connectivity index (χ3n) is 9.39. The van der Waals surface area contributed by atoms with Gasteiger partial charge in [-0.05, 0) is 81.8 Å². The maximum absolute atomic E-state index is 13.4. The van der Waals surface area contributed by atoms with Crippen LogP contribution in [-0.4, -0.2) is 47.4 Å². The van der Waals surface area contributed by atoms with E-state index in [1.807, 2.05) is 119 Å². The average Bonchev–Trinajstić information content (AvgIpc) is 3.29. The van der Waals surface area contributed by atoms with Crippen molar-refractivity contribution in [1.82, 2.24) is 16.2 Å². The van der Waals surface area contributed by atoms with Gasteiger partial charge in [-0.2, -0.15) is 0 Å². The summed E-state index contributed by atoms with van der Waals surface area (Å²) in [6.07, 6.45) is -0.685. The molecule has 0 fully saturated rings. The van der Waals surface area contributed by atoms with Gasteiger partial charge in [-0.1, -0.05) is 98.8 Å². The molecule has 0 spiro atoms. The van der Waals surface area contributed by atoms with Crippen LogP contribution in [0.5, 0.6) is 0 Å². The van der Waals surface area contributed by atoms with Crippen molar-refractivity contribution in [2.75, 3.05) is 10.0 Å². The number of para-hydroxylation sites is 2. The lowest BCUT2D eigenvalue weighted by Crippen LogP contribution is -2.57. The van der Waals surface area contributed by atoms with Gasteiger partial charge in [0.15, 0.2) is 0 Å². The van der Waals surface area contributed by atoms with Gasteiger partial charge in [0.25, 0.3) is 23.6 Å². The summed E-state index contributed by atoms with van der Waals surface area (Å²) < 4.78 is 5.30. The van der Waals surface area contributed by atoms with Gasteiger partial charge < -0.3 is 15.8 Å². The van der Waals surface area contributed by atoms with E-state index in [0.717, 1.165) is 33.4 Å². The van der Waals surface area contributed by atoms with Crippen LogP contribution in [0.2, 0.25) is 0 Å². The maximum atomic E-state index is 13.4. The van der Waals surface area contributed by atoms with Crippen molar-refractivity contribution in [2.45, 2.75) is 84.9 Å². The molecule has 2 heterocycles. The number of rotatable bonds is 6. The van der Waals surface area contributed by atoms with Crippen LogP contribution in [0.4, 0.5) is 16.2 Å². The normalized spacial score (nSPS) is 17.1. The van der Waals surface area contributed by atoms with E-state index in [-0.39, 0.29) is 23.7 Å². The Morgan fingerprint density at radius 3 is 1.42 bits per heavy atom. The summed E-state index contributed by atoms with van der Waals surface area (Å²) in [5.74, 6) is -2.39. The third-order valence-corrected chi connectivity index (χ3v) is 9.39. The second-order valence-electron chi connectivity index (χ2n) is 15.1. The van der Waals surface area contributed by atoms with E-state index in [4.69, 9.17) is 10.5 Å². The average molecular weight is 747 g/mol. The van der Waals surface area contributed by atoms with Gasteiger partial charge >= 0.3 is 6.09 Å². The minimum atomic E-state index is -0.884. The lowest BCUT2D eigenvalue weighted by atomic mass is 9.92. The molecule has 0 saturated heterocycles. The first-order chi connectivity index (χ1) is 26.0. The Kier molecular flexibility index (Phi) is 12.1. The molecule has 2 aliphatic rings. The molecule has 0 aliphatic carbocycles. The summed E-state index contributed by atoms with van der Waals surface area (Å²) in [7, 11) is 0. The van der Waals surface area contributed by atoms with E-state index >= 15 is 0 Å². The quantitative estimate of drug-likeness (QED) is 0.174. The van der Waals surface area contributed by atoms with E-state index < -0.39 is 41.5 Å². The fraction of sp³-hybridized carbons (Fsp3) is 0.326. The largest absolute Gasteiger partial charge is 0.444 e. The summed E-state index contributed by atoms with van der Waals surface area (Å²) in [5.41, 5.74) is 17.1. The highest BCUT2D eigenvalue weighted by Crippen LogP contribution is 2.41. The number of benzene rings is 4. The maximum Gasteiger partial charge on any atom is 0.408 e. The Labute approximate surface area is 322 Å². The van der Waals surface area contributed by atoms with Gasteiger partial charge in [-0.3, -0.25) is 30.0 Å². The smallest absolute Gasteiger partial charge is 0.408 e. The van der Waals surface area contributed by atoms with Crippen molar-refractivity contribution in [3.8, 4) is 22.3 Å². The van der Waals surface area contributed by atoms with Crippen molar-refractivity contribution in [2.24, 2.45) is 11.7 Å². The molecule has 0 aromatic heterocycles. The molecule has 2 aliphatic heterocycles. The number of ether oxygens (including phenoxy) is 1. The van der Waals surface area contributed by atoms with Crippen LogP contribution in [0.25, 0.3) is 22.3 Å². The van der Waals surface area contributed by atoms with E-state index in [0.29, 0.717) is 11.4 Å². The molecule has 2 unspecified atom stereocenters. The summed E-state index contributed by atoms with van der Waals surface area (Å²) in [6.45, 7) is 14.1. The lowest BCUT2D eigenvalue weighted by Gasteiger charge is -2.29. The molecule has 5 amide bonds. The Balaban J connectivity index is 0.000000222. The molecule has 6 rings (SSSR count). The Hall–Kier alpha value is -6.01. The zero-order chi connectivity index (χ0) is 40.2. The second kappa shape index (κ2) is 16.6. The highest BCUT2D eigenvalue weighted by molar-refractivity contribution is 6.08. The Morgan fingerprint density at radius 1 is 0.636 bits per heavy atom. The second-order valence-corrected chi connectivity index (χ2v) is 15.1. The van der Waals surface area contributed by atoms with Crippen LogP contribution in [0.3, 0.4) is 0 Å². The molecule has 55 heavy (non-hydrogen) atoms. The summed E-state index contributed by atoms with van der Waals surface area (Å²) in [6, 6.07) is 29.0. The fourth-order valence-corrected chi connectivity index (χ4v) is 6.52. The number of alkyl carbamates (subject to hydrolysis) is 1. The minimum Gasteiger partial charge on any atom is -0.444 e. The van der Waals surface area contributed by atoms with E-state index in [1.165, 1.54) is 10.0 Å². The number of fused-ring (bicyclic) bond motifs is 6. The highest BCUT2D eigenvalue weighted by atomic mass is 16.6. The van der Waals surface area contributed by atoms with Crippen molar-refractivity contribution in [1.29, 1.82) is 0 Å². The molecule has 5 N–H and O–H groups in total. The van der Waals surface area contributed by atoms with Crippen LogP contribution >= 0.6 is 0 Å². The van der Waals surface area contributed by atoms with E-state index in [2.05, 4.69) is 16.2 Å². The molecule has 0 saturated carbocycles. The van der Waals surface area contributed by atoms with Crippen molar-refractivity contribution < 1.29 is 28.7 Å². The number of hydrogen-bond acceptors (Lipinski definition) is 7. The van der Waals surface area contributed by atoms with Crippen LogP contribution in [0.1, 0.15) is 78.4 Å². The molecule has 4 aromatic carbocycles. The molecule has 4 atom stereocenters. The number of carbonyl (C=O) groups excluding carboxylic acids is 5. The summed E-state index contributed by atoms with van der Waals surface area (Å²) >= 11 is 0. The predicted molar refractivity (Wildman–Crippen MR) is 213 cm³/mol. The van der Waals surface area contributed by atoms with Crippen molar-refractivity contribution >= 4 is 41.1 Å². The van der Waals surface area contributed by atoms with E-state index in [9.17, 15) is 24.0 Å².